The Morgan fingerprint density at radius 3 is 2.50 bits per heavy atom. The number of alkyl halides is 1. The van der Waals surface area contributed by atoms with Gasteiger partial charge in [0, 0.05) is 0 Å². The first-order valence-electron chi connectivity index (χ1n) is 4.38. The summed E-state index contributed by atoms with van der Waals surface area (Å²) in [6.07, 6.45) is 2.28. The van der Waals surface area contributed by atoms with Crippen LogP contribution in [0, 0.1) is 5.92 Å². The van der Waals surface area contributed by atoms with Crippen molar-refractivity contribution in [3.8, 4) is 0 Å². The van der Waals surface area contributed by atoms with Crippen LogP contribution in [0.15, 0.2) is 0 Å². The van der Waals surface area contributed by atoms with E-state index in [4.69, 9.17) is 4.74 Å². The van der Waals surface area contributed by atoms with Crippen LogP contribution in [0.25, 0.3) is 0 Å². The van der Waals surface area contributed by atoms with Crippen molar-refractivity contribution < 1.29 is 9.53 Å². The highest BCUT2D eigenvalue weighted by Crippen LogP contribution is 2.07. The highest BCUT2D eigenvalue weighted by Gasteiger charge is 2.11. The van der Waals surface area contributed by atoms with Crippen molar-refractivity contribution in [3.05, 3.63) is 0 Å². The molecular formula is C9H17IO2. The fraction of sp³-hybridized carbons (Fsp3) is 0.889. The van der Waals surface area contributed by atoms with Crippen LogP contribution in [0.1, 0.15) is 33.6 Å². The lowest BCUT2D eigenvalue weighted by Gasteiger charge is -2.11. The predicted molar refractivity (Wildman–Crippen MR) is 58.5 cm³/mol. The van der Waals surface area contributed by atoms with Crippen molar-refractivity contribution >= 4 is 28.6 Å². The van der Waals surface area contributed by atoms with Crippen molar-refractivity contribution in [2.75, 3.05) is 6.61 Å². The van der Waals surface area contributed by atoms with Crippen LogP contribution >= 0.6 is 22.6 Å². The topological polar surface area (TPSA) is 26.3 Å². The molecule has 3 heteroatoms. The molecule has 0 heterocycles. The number of hydrogen-bond donors (Lipinski definition) is 0. The standard InChI is InChI=1S/C9H17IO2/c1-4-5-7(2)6-12-9(11)8(3)10/h7-8H,4-6H2,1-3H3. The minimum Gasteiger partial charge on any atom is -0.465 e. The Labute approximate surface area is 88.2 Å². The molecule has 0 aromatic rings. The summed E-state index contributed by atoms with van der Waals surface area (Å²) in [5.74, 6) is 0.396. The Balaban J connectivity index is 3.47. The van der Waals surface area contributed by atoms with Gasteiger partial charge in [0.05, 0.1) is 6.61 Å². The lowest BCUT2D eigenvalue weighted by molar-refractivity contribution is -0.143. The number of carbonyl (C=O) groups excluding carboxylic acids is 1. The largest absolute Gasteiger partial charge is 0.465 e. The molecule has 0 aliphatic rings. The number of carbonyl (C=O) groups is 1. The monoisotopic (exact) mass is 284 g/mol. The quantitative estimate of drug-likeness (QED) is 0.441. The van der Waals surface area contributed by atoms with E-state index in [9.17, 15) is 4.79 Å². The number of hydrogen-bond acceptors (Lipinski definition) is 2. The van der Waals surface area contributed by atoms with Crippen molar-refractivity contribution in [3.63, 3.8) is 0 Å². The SMILES string of the molecule is CCCC(C)COC(=O)C(C)I. The van der Waals surface area contributed by atoms with Crippen molar-refractivity contribution in [2.45, 2.75) is 37.5 Å². The second-order valence-electron chi connectivity index (χ2n) is 3.14. The Morgan fingerprint density at radius 2 is 2.08 bits per heavy atom. The third-order valence-electron chi connectivity index (χ3n) is 1.62. The number of ether oxygens (including phenoxy) is 1. The molecule has 0 rings (SSSR count). The van der Waals surface area contributed by atoms with Crippen LogP contribution in [0.3, 0.4) is 0 Å². The van der Waals surface area contributed by atoms with E-state index in [-0.39, 0.29) is 9.89 Å². The maximum Gasteiger partial charge on any atom is 0.318 e. The lowest BCUT2D eigenvalue weighted by Crippen LogP contribution is -2.17. The summed E-state index contributed by atoms with van der Waals surface area (Å²) in [7, 11) is 0. The molecule has 0 spiro atoms. The Morgan fingerprint density at radius 1 is 1.50 bits per heavy atom. The predicted octanol–water partition coefficient (Wildman–Crippen LogP) is 2.79. The molecule has 0 aromatic heterocycles. The van der Waals surface area contributed by atoms with E-state index in [2.05, 4.69) is 36.4 Å². The number of esters is 1. The van der Waals surface area contributed by atoms with Gasteiger partial charge in [-0.05, 0) is 19.3 Å². The van der Waals surface area contributed by atoms with Gasteiger partial charge >= 0.3 is 5.97 Å². The van der Waals surface area contributed by atoms with Gasteiger partial charge in [-0.25, -0.2) is 0 Å². The fourth-order valence-corrected chi connectivity index (χ4v) is 1.10. The van der Waals surface area contributed by atoms with Crippen LogP contribution in [0.2, 0.25) is 0 Å². The first-order chi connectivity index (χ1) is 5.57. The first kappa shape index (κ1) is 12.2. The Kier molecular flexibility index (Phi) is 6.80. The molecule has 12 heavy (non-hydrogen) atoms. The third kappa shape index (κ3) is 5.80. The Bertz CT molecular complexity index is 134. The molecule has 0 saturated carbocycles. The summed E-state index contributed by atoms with van der Waals surface area (Å²) < 4.78 is 5.04. The van der Waals surface area contributed by atoms with E-state index in [1.807, 2.05) is 6.92 Å². The third-order valence-corrected chi connectivity index (χ3v) is 2.12. The molecule has 0 radical (unpaired) electrons. The molecule has 2 unspecified atom stereocenters. The number of halogens is 1. The molecule has 0 N–H and O–H groups in total. The fourth-order valence-electron chi connectivity index (χ4n) is 0.915. The molecule has 2 atom stereocenters. The van der Waals surface area contributed by atoms with Gasteiger partial charge in [-0.2, -0.15) is 0 Å². The molecule has 2 nitrogen and oxygen atoms in total. The maximum absolute atomic E-state index is 11.0. The van der Waals surface area contributed by atoms with Crippen LogP contribution in [-0.2, 0) is 9.53 Å². The van der Waals surface area contributed by atoms with Gasteiger partial charge in [-0.3, -0.25) is 4.79 Å². The van der Waals surface area contributed by atoms with Crippen molar-refractivity contribution in [2.24, 2.45) is 5.92 Å². The molecule has 0 aromatic carbocycles. The van der Waals surface area contributed by atoms with Gasteiger partial charge in [0.2, 0.25) is 0 Å². The lowest BCUT2D eigenvalue weighted by atomic mass is 10.1. The van der Waals surface area contributed by atoms with Crippen molar-refractivity contribution in [1.82, 2.24) is 0 Å². The van der Waals surface area contributed by atoms with Crippen LogP contribution in [0.5, 0.6) is 0 Å². The van der Waals surface area contributed by atoms with Gasteiger partial charge in [0.15, 0.2) is 0 Å². The van der Waals surface area contributed by atoms with E-state index in [1.54, 1.807) is 0 Å². The zero-order valence-electron chi connectivity index (χ0n) is 7.97. The molecule has 0 aliphatic carbocycles. The average molecular weight is 284 g/mol. The van der Waals surface area contributed by atoms with Crippen molar-refractivity contribution in [1.29, 1.82) is 0 Å². The molecule has 0 bridgehead atoms. The van der Waals surface area contributed by atoms with Crippen LogP contribution in [-0.4, -0.2) is 16.5 Å². The zero-order chi connectivity index (χ0) is 9.56. The molecule has 0 fully saturated rings. The van der Waals surface area contributed by atoms with E-state index in [0.717, 1.165) is 12.8 Å². The second-order valence-corrected chi connectivity index (χ2v) is 5.01. The summed E-state index contributed by atoms with van der Waals surface area (Å²) in [4.78, 5) is 11.0. The first-order valence-corrected chi connectivity index (χ1v) is 5.63. The normalized spacial score (nSPS) is 15.3. The minimum atomic E-state index is -0.0986. The molecule has 72 valence electrons. The van der Waals surface area contributed by atoms with E-state index in [1.165, 1.54) is 0 Å². The summed E-state index contributed by atoms with van der Waals surface area (Å²) in [6, 6.07) is 0. The maximum atomic E-state index is 11.0. The summed E-state index contributed by atoms with van der Waals surface area (Å²) in [5, 5.41) is 0. The van der Waals surface area contributed by atoms with E-state index in [0.29, 0.717) is 12.5 Å². The molecule has 0 amide bonds. The summed E-state index contributed by atoms with van der Waals surface area (Å²) in [5.41, 5.74) is 0. The Hall–Kier alpha value is 0.200. The average Bonchev–Trinajstić information content (AvgIpc) is 2.00. The van der Waals surface area contributed by atoms with E-state index < -0.39 is 0 Å². The minimum absolute atomic E-state index is 0.0311. The summed E-state index contributed by atoms with van der Waals surface area (Å²) in [6.45, 7) is 6.65. The van der Waals surface area contributed by atoms with Crippen LogP contribution in [0.4, 0.5) is 0 Å². The van der Waals surface area contributed by atoms with Gasteiger partial charge < -0.3 is 4.74 Å². The summed E-state index contributed by atoms with van der Waals surface area (Å²) >= 11 is 2.06. The van der Waals surface area contributed by atoms with Gasteiger partial charge in [-0.15, -0.1) is 0 Å². The smallest absolute Gasteiger partial charge is 0.318 e. The zero-order valence-corrected chi connectivity index (χ0v) is 10.1. The second kappa shape index (κ2) is 6.69. The van der Waals surface area contributed by atoms with Gasteiger partial charge in [-0.1, -0.05) is 42.9 Å². The highest BCUT2D eigenvalue weighted by atomic mass is 127. The van der Waals surface area contributed by atoms with Gasteiger partial charge in [0.25, 0.3) is 0 Å². The van der Waals surface area contributed by atoms with E-state index >= 15 is 0 Å². The highest BCUT2D eigenvalue weighted by molar-refractivity contribution is 14.1. The number of rotatable bonds is 5. The molecule has 0 saturated heterocycles. The van der Waals surface area contributed by atoms with Gasteiger partial charge in [0.1, 0.15) is 3.92 Å². The van der Waals surface area contributed by atoms with Crippen LogP contribution < -0.4 is 0 Å². The molecule has 0 aliphatic heterocycles. The molecular weight excluding hydrogens is 267 g/mol.